The number of carbonyl (C=O) groups is 1. The minimum atomic E-state index is -0.880. The molecular formula is C11H14N2O2. The van der Waals surface area contributed by atoms with Crippen LogP contribution in [0, 0.1) is 0 Å². The van der Waals surface area contributed by atoms with Crippen molar-refractivity contribution in [2.75, 3.05) is 6.54 Å². The molecule has 0 fully saturated rings. The second kappa shape index (κ2) is 5.93. The number of hydrogen-bond acceptors (Lipinski definition) is 3. The maximum atomic E-state index is 10.5. The predicted molar refractivity (Wildman–Crippen MR) is 57.3 cm³/mol. The molecule has 0 radical (unpaired) electrons. The van der Waals surface area contributed by atoms with Gasteiger partial charge in [0.25, 0.3) is 0 Å². The molecule has 1 rings (SSSR count). The van der Waals surface area contributed by atoms with E-state index in [9.17, 15) is 4.79 Å². The van der Waals surface area contributed by atoms with Crippen molar-refractivity contribution in [2.24, 2.45) is 0 Å². The van der Waals surface area contributed by atoms with Crippen LogP contribution < -0.4 is 5.32 Å². The first kappa shape index (κ1) is 11.4. The number of carboxylic acid groups (broad SMARTS) is 1. The van der Waals surface area contributed by atoms with Crippen LogP contribution in [-0.4, -0.2) is 22.6 Å². The molecule has 2 N–H and O–H groups in total. The number of aromatic nitrogens is 1. The average molecular weight is 206 g/mol. The lowest BCUT2D eigenvalue weighted by molar-refractivity contribution is -0.132. The quantitative estimate of drug-likeness (QED) is 0.561. The van der Waals surface area contributed by atoms with Gasteiger partial charge in [-0.2, -0.15) is 0 Å². The summed E-state index contributed by atoms with van der Waals surface area (Å²) in [5, 5.41) is 11.7. The van der Waals surface area contributed by atoms with Crippen molar-refractivity contribution >= 4 is 5.97 Å². The molecule has 0 bridgehead atoms. The van der Waals surface area contributed by atoms with E-state index in [4.69, 9.17) is 5.11 Å². The molecule has 0 spiro atoms. The van der Waals surface area contributed by atoms with Crippen molar-refractivity contribution in [3.05, 3.63) is 41.7 Å². The van der Waals surface area contributed by atoms with Gasteiger partial charge in [-0.15, -0.1) is 0 Å². The molecule has 0 amide bonds. The zero-order chi connectivity index (χ0) is 11.1. The third-order valence-electron chi connectivity index (χ3n) is 1.92. The zero-order valence-electron chi connectivity index (χ0n) is 8.60. The van der Waals surface area contributed by atoms with E-state index in [0.29, 0.717) is 18.7 Å². The first-order valence-electron chi connectivity index (χ1n) is 4.71. The fourth-order valence-electron chi connectivity index (χ4n) is 1.02. The standard InChI is InChI=1S/C11H14N2O2/c1-9(11(14)15)5-7-12-8-10-4-2-3-6-13-10/h2-6,12H,7-8H2,1H3,(H,14,15)/b9-5-. The SMILES string of the molecule is C/C(=C/CNCc1ccccn1)C(=O)O. The summed E-state index contributed by atoms with van der Waals surface area (Å²) in [6, 6.07) is 5.70. The summed E-state index contributed by atoms with van der Waals surface area (Å²) in [7, 11) is 0. The highest BCUT2D eigenvalue weighted by Gasteiger charge is 1.97. The number of carboxylic acids is 1. The predicted octanol–water partition coefficient (Wildman–Crippen LogP) is 1.20. The normalized spacial score (nSPS) is 11.4. The molecule has 0 saturated heterocycles. The van der Waals surface area contributed by atoms with Crippen molar-refractivity contribution in [3.63, 3.8) is 0 Å². The molecule has 0 unspecified atom stereocenters. The van der Waals surface area contributed by atoms with Gasteiger partial charge in [0, 0.05) is 24.9 Å². The summed E-state index contributed by atoms with van der Waals surface area (Å²) in [5.41, 5.74) is 1.29. The van der Waals surface area contributed by atoms with Crippen molar-refractivity contribution in [1.29, 1.82) is 0 Å². The maximum Gasteiger partial charge on any atom is 0.330 e. The van der Waals surface area contributed by atoms with E-state index in [1.54, 1.807) is 19.2 Å². The summed E-state index contributed by atoms with van der Waals surface area (Å²) < 4.78 is 0. The Balaban J connectivity index is 2.29. The van der Waals surface area contributed by atoms with Gasteiger partial charge in [0.05, 0.1) is 5.69 Å². The first-order valence-corrected chi connectivity index (χ1v) is 4.71. The van der Waals surface area contributed by atoms with Gasteiger partial charge in [0.1, 0.15) is 0 Å². The third kappa shape index (κ3) is 4.37. The minimum Gasteiger partial charge on any atom is -0.478 e. The molecule has 0 atom stereocenters. The van der Waals surface area contributed by atoms with Gasteiger partial charge in [-0.1, -0.05) is 12.1 Å². The molecule has 0 aliphatic heterocycles. The van der Waals surface area contributed by atoms with Gasteiger partial charge in [-0.25, -0.2) is 4.79 Å². The van der Waals surface area contributed by atoms with Crippen LogP contribution in [0.3, 0.4) is 0 Å². The number of aliphatic carboxylic acids is 1. The van der Waals surface area contributed by atoms with Gasteiger partial charge in [-0.05, 0) is 19.1 Å². The van der Waals surface area contributed by atoms with Crippen LogP contribution >= 0.6 is 0 Å². The van der Waals surface area contributed by atoms with E-state index in [1.807, 2.05) is 18.2 Å². The Hall–Kier alpha value is -1.68. The topological polar surface area (TPSA) is 62.2 Å². The van der Waals surface area contributed by atoms with Gasteiger partial charge >= 0.3 is 5.97 Å². The summed E-state index contributed by atoms with van der Waals surface area (Å²) in [6.07, 6.45) is 3.38. The third-order valence-corrected chi connectivity index (χ3v) is 1.92. The van der Waals surface area contributed by atoms with Gasteiger partial charge in [0.15, 0.2) is 0 Å². The van der Waals surface area contributed by atoms with E-state index >= 15 is 0 Å². The van der Waals surface area contributed by atoms with Crippen molar-refractivity contribution in [2.45, 2.75) is 13.5 Å². The van der Waals surface area contributed by atoms with Crippen LogP contribution in [-0.2, 0) is 11.3 Å². The Morgan fingerprint density at radius 3 is 3.00 bits per heavy atom. The molecule has 1 heterocycles. The summed E-state index contributed by atoms with van der Waals surface area (Å²) >= 11 is 0. The minimum absolute atomic E-state index is 0.350. The molecule has 80 valence electrons. The molecule has 1 aromatic rings. The first-order chi connectivity index (χ1) is 7.20. The molecule has 15 heavy (non-hydrogen) atoms. The smallest absolute Gasteiger partial charge is 0.330 e. The fraction of sp³-hybridized carbons (Fsp3) is 0.273. The fourth-order valence-corrected chi connectivity index (χ4v) is 1.02. The number of nitrogens with one attached hydrogen (secondary N) is 1. The molecule has 1 aromatic heterocycles. The molecule has 4 nitrogen and oxygen atoms in total. The van der Waals surface area contributed by atoms with Gasteiger partial charge in [0.2, 0.25) is 0 Å². The van der Waals surface area contributed by atoms with Gasteiger partial charge in [-0.3, -0.25) is 4.98 Å². The Morgan fingerprint density at radius 1 is 1.60 bits per heavy atom. The van der Waals surface area contributed by atoms with E-state index in [1.165, 1.54) is 0 Å². The highest BCUT2D eigenvalue weighted by Crippen LogP contribution is 1.93. The number of hydrogen-bond donors (Lipinski definition) is 2. The molecule has 0 aliphatic rings. The highest BCUT2D eigenvalue weighted by atomic mass is 16.4. The maximum absolute atomic E-state index is 10.5. The second-order valence-electron chi connectivity index (χ2n) is 3.14. The van der Waals surface area contributed by atoms with Crippen molar-refractivity contribution in [3.8, 4) is 0 Å². The monoisotopic (exact) mass is 206 g/mol. The Bertz CT molecular complexity index is 347. The lowest BCUT2D eigenvalue weighted by Crippen LogP contribution is -2.14. The molecule has 0 aromatic carbocycles. The largest absolute Gasteiger partial charge is 0.478 e. The summed E-state index contributed by atoms with van der Waals surface area (Å²) in [5.74, 6) is -0.880. The Morgan fingerprint density at radius 2 is 2.40 bits per heavy atom. The van der Waals surface area contributed by atoms with Crippen LogP contribution in [0.4, 0.5) is 0 Å². The number of rotatable bonds is 5. The molecule has 0 aliphatic carbocycles. The van der Waals surface area contributed by atoms with E-state index < -0.39 is 5.97 Å². The van der Waals surface area contributed by atoms with Crippen LogP contribution in [0.1, 0.15) is 12.6 Å². The molecule has 0 saturated carbocycles. The van der Waals surface area contributed by atoms with E-state index in [2.05, 4.69) is 10.3 Å². The van der Waals surface area contributed by atoms with Crippen LogP contribution in [0.25, 0.3) is 0 Å². The second-order valence-corrected chi connectivity index (χ2v) is 3.14. The highest BCUT2D eigenvalue weighted by molar-refractivity contribution is 5.85. The molecular weight excluding hydrogens is 192 g/mol. The van der Waals surface area contributed by atoms with Crippen molar-refractivity contribution < 1.29 is 9.90 Å². The average Bonchev–Trinajstić information content (AvgIpc) is 2.25. The summed E-state index contributed by atoms with van der Waals surface area (Å²) in [4.78, 5) is 14.6. The van der Waals surface area contributed by atoms with E-state index in [0.717, 1.165) is 5.69 Å². The Labute approximate surface area is 88.7 Å². The van der Waals surface area contributed by atoms with Gasteiger partial charge < -0.3 is 10.4 Å². The van der Waals surface area contributed by atoms with Crippen LogP contribution in [0.15, 0.2) is 36.0 Å². The molecule has 4 heteroatoms. The van der Waals surface area contributed by atoms with Crippen LogP contribution in [0.2, 0.25) is 0 Å². The van der Waals surface area contributed by atoms with Crippen LogP contribution in [0.5, 0.6) is 0 Å². The lowest BCUT2D eigenvalue weighted by atomic mass is 10.3. The van der Waals surface area contributed by atoms with E-state index in [-0.39, 0.29) is 0 Å². The Kier molecular flexibility index (Phi) is 4.50. The number of nitrogens with zero attached hydrogens (tertiary/aromatic N) is 1. The summed E-state index contributed by atoms with van der Waals surface area (Å²) in [6.45, 7) is 2.75. The lowest BCUT2D eigenvalue weighted by Gasteiger charge is -2.00. The number of pyridine rings is 1. The zero-order valence-corrected chi connectivity index (χ0v) is 8.60. The van der Waals surface area contributed by atoms with Crippen molar-refractivity contribution in [1.82, 2.24) is 10.3 Å².